The monoisotopic (exact) mass is 1140 g/mol. The summed E-state index contributed by atoms with van der Waals surface area (Å²) in [7, 11) is 0. The third-order valence-electron chi connectivity index (χ3n) is 13.8. The molecule has 0 bridgehead atoms. The molecular weight excluding hydrogens is 1080 g/mol. The lowest BCUT2D eigenvalue weighted by Crippen LogP contribution is -2.30. The first-order valence-corrected chi connectivity index (χ1v) is 30.6. The van der Waals surface area contributed by atoms with E-state index in [2.05, 4.69) is 232 Å². The first-order chi connectivity index (χ1) is 40.5. The Kier molecular flexibility index (Phi) is 20.0. The molecule has 0 aliphatic carbocycles. The SMILES string of the molecule is Cc1ccc(N(c2ccc(C)cc2)c2ccc(/C=N/N(CC(O)CSc3ccc(Sc4ccc(SCC(O)CN(/N=C/c5ccc(N(c6ccc(C)cc6)c6ccc(C)cc6)cc5)c5ccccc5)cc4)cc3)c3ccccc3)cc2)cc1. The summed E-state index contributed by atoms with van der Waals surface area (Å²) in [6.07, 6.45) is 2.45. The van der Waals surface area contributed by atoms with E-state index in [0.29, 0.717) is 24.6 Å². The highest BCUT2D eigenvalue weighted by Gasteiger charge is 2.17. The van der Waals surface area contributed by atoms with Crippen molar-refractivity contribution < 1.29 is 10.2 Å². The zero-order valence-electron chi connectivity index (χ0n) is 47.2. The molecule has 11 heteroatoms. The van der Waals surface area contributed by atoms with E-state index in [-0.39, 0.29) is 0 Å². The fourth-order valence-electron chi connectivity index (χ4n) is 9.23. The molecule has 8 nitrogen and oxygen atoms in total. The summed E-state index contributed by atoms with van der Waals surface area (Å²) in [5.74, 6) is 1.02. The molecule has 0 spiro atoms. The first kappa shape index (κ1) is 57.9. The van der Waals surface area contributed by atoms with Crippen LogP contribution in [0.1, 0.15) is 33.4 Å². The molecular formula is C72H68N6O2S3. The van der Waals surface area contributed by atoms with E-state index in [1.165, 1.54) is 22.3 Å². The van der Waals surface area contributed by atoms with Gasteiger partial charge in [0.1, 0.15) is 0 Å². The quantitative estimate of drug-likeness (QED) is 0.0349. The molecule has 0 radical (unpaired) electrons. The number of hydrogen-bond donors (Lipinski definition) is 2. The van der Waals surface area contributed by atoms with Crippen LogP contribution in [0.3, 0.4) is 0 Å². The summed E-state index contributed by atoms with van der Waals surface area (Å²) >= 11 is 4.97. The average molecular weight is 1150 g/mol. The number of hydrogen-bond acceptors (Lipinski definition) is 11. The minimum atomic E-state index is -0.637. The lowest BCUT2D eigenvalue weighted by molar-refractivity contribution is 0.204. The van der Waals surface area contributed by atoms with E-state index in [4.69, 9.17) is 10.2 Å². The van der Waals surface area contributed by atoms with Gasteiger partial charge in [0.25, 0.3) is 0 Å². The van der Waals surface area contributed by atoms with Gasteiger partial charge in [0.15, 0.2) is 0 Å². The molecule has 0 heterocycles. The van der Waals surface area contributed by atoms with Gasteiger partial charge in [-0.15, -0.1) is 23.5 Å². The molecule has 10 aromatic rings. The molecule has 2 unspecified atom stereocenters. The number of anilines is 8. The molecule has 0 saturated heterocycles. The maximum absolute atomic E-state index is 11.4. The largest absolute Gasteiger partial charge is 0.390 e. The number of para-hydroxylation sites is 2. The number of aliphatic hydroxyl groups is 2. The summed E-state index contributed by atoms with van der Waals surface area (Å²) in [6, 6.07) is 88.3. The fourth-order valence-corrected chi connectivity index (χ4v) is 11.7. The van der Waals surface area contributed by atoms with Gasteiger partial charge in [0.2, 0.25) is 0 Å². The topological polar surface area (TPSA) is 78.1 Å². The van der Waals surface area contributed by atoms with Crippen LogP contribution >= 0.6 is 35.3 Å². The maximum atomic E-state index is 11.4. The van der Waals surface area contributed by atoms with Crippen LogP contribution in [0.4, 0.5) is 45.5 Å². The van der Waals surface area contributed by atoms with Crippen LogP contribution < -0.4 is 19.8 Å². The summed E-state index contributed by atoms with van der Waals surface area (Å²) in [6.45, 7) is 9.10. The molecule has 0 fully saturated rings. The van der Waals surface area contributed by atoms with Crippen LogP contribution in [-0.4, -0.2) is 59.4 Å². The van der Waals surface area contributed by atoms with Gasteiger partial charge in [-0.2, -0.15) is 10.2 Å². The second kappa shape index (κ2) is 28.6. The second-order valence-electron chi connectivity index (χ2n) is 20.5. The van der Waals surface area contributed by atoms with Crippen molar-refractivity contribution in [2.24, 2.45) is 10.2 Å². The minimum Gasteiger partial charge on any atom is -0.390 e. The van der Waals surface area contributed by atoms with E-state index in [9.17, 15) is 10.2 Å². The third-order valence-corrected chi connectivity index (χ3v) is 17.1. The Morgan fingerprint density at radius 2 is 0.590 bits per heavy atom. The van der Waals surface area contributed by atoms with Crippen molar-refractivity contribution >= 4 is 93.2 Å². The van der Waals surface area contributed by atoms with Crippen molar-refractivity contribution in [1.29, 1.82) is 0 Å². The highest BCUT2D eigenvalue weighted by atomic mass is 32.2. The molecule has 0 aliphatic heterocycles. The van der Waals surface area contributed by atoms with Gasteiger partial charge in [0, 0.05) is 65.2 Å². The molecule has 2 N–H and O–H groups in total. The highest BCUT2D eigenvalue weighted by Crippen LogP contribution is 2.37. The van der Waals surface area contributed by atoms with E-state index < -0.39 is 12.2 Å². The van der Waals surface area contributed by atoms with E-state index in [0.717, 1.165) is 76.2 Å². The predicted molar refractivity (Wildman–Crippen MR) is 354 cm³/mol. The zero-order chi connectivity index (χ0) is 57.3. The number of benzene rings is 10. The Morgan fingerprint density at radius 1 is 0.325 bits per heavy atom. The zero-order valence-corrected chi connectivity index (χ0v) is 49.6. The standard InChI is InChI=1S/C72H68N6O2S3/c1-53-15-27-61(28-16-53)77(62-29-17-54(2)18-30-62)65-35-23-57(24-36-65)47-73-75(59-11-7-5-8-12-59)49-67(79)51-81-69-39-43-71(44-40-69)83-72-45-41-70(42-46-72)82-52-68(80)50-76(60-13-9-6-10-14-60)74-48-58-25-37-66(38-26-58)78(63-31-19-55(3)20-32-63)64-33-21-56(4)22-34-64/h5-48,67-68,79-80H,49-52H2,1-4H3/b73-47+,74-48+. The van der Waals surface area contributed by atoms with Gasteiger partial charge in [-0.05, 0) is 184 Å². The van der Waals surface area contributed by atoms with Crippen LogP contribution in [-0.2, 0) is 0 Å². The van der Waals surface area contributed by atoms with Crippen LogP contribution in [0.2, 0.25) is 0 Å². The number of hydrazone groups is 2. The second-order valence-corrected chi connectivity index (χ2v) is 23.8. The fraction of sp³-hybridized carbons (Fsp3) is 0.139. The number of thioether (sulfide) groups is 2. The summed E-state index contributed by atoms with van der Waals surface area (Å²) in [4.78, 5) is 8.96. The predicted octanol–water partition coefficient (Wildman–Crippen LogP) is 18.0. The van der Waals surface area contributed by atoms with Crippen LogP contribution in [0.5, 0.6) is 0 Å². The van der Waals surface area contributed by atoms with Crippen molar-refractivity contribution in [3.63, 3.8) is 0 Å². The van der Waals surface area contributed by atoms with Crippen LogP contribution in [0.25, 0.3) is 0 Å². The molecule has 416 valence electrons. The third kappa shape index (κ3) is 16.5. The number of rotatable bonds is 24. The van der Waals surface area contributed by atoms with Gasteiger partial charge in [0.05, 0.1) is 49.1 Å². The van der Waals surface area contributed by atoms with Gasteiger partial charge in [-0.25, -0.2) is 0 Å². The molecule has 2 atom stereocenters. The van der Waals surface area contributed by atoms with Crippen molar-refractivity contribution in [2.45, 2.75) is 59.5 Å². The van der Waals surface area contributed by atoms with Gasteiger partial charge in [-0.3, -0.25) is 10.0 Å². The van der Waals surface area contributed by atoms with Crippen molar-refractivity contribution in [1.82, 2.24) is 0 Å². The highest BCUT2D eigenvalue weighted by molar-refractivity contribution is 8.00. The van der Waals surface area contributed by atoms with Crippen LogP contribution in [0.15, 0.2) is 285 Å². The smallest absolute Gasteiger partial charge is 0.0830 e. The molecule has 83 heavy (non-hydrogen) atoms. The van der Waals surface area contributed by atoms with Gasteiger partial charge >= 0.3 is 0 Å². The van der Waals surface area contributed by atoms with Crippen LogP contribution in [0, 0.1) is 27.7 Å². The van der Waals surface area contributed by atoms with Crippen molar-refractivity contribution in [2.75, 3.05) is 44.4 Å². The number of aryl methyl sites for hydroxylation is 4. The molecule has 0 amide bonds. The normalized spacial score (nSPS) is 12.1. The molecule has 0 saturated carbocycles. The Morgan fingerprint density at radius 3 is 0.880 bits per heavy atom. The van der Waals surface area contributed by atoms with Crippen molar-refractivity contribution in [3.8, 4) is 0 Å². The van der Waals surface area contributed by atoms with Gasteiger partial charge < -0.3 is 20.0 Å². The average Bonchev–Trinajstić information content (AvgIpc) is 3.63. The molecule has 10 aromatic carbocycles. The first-order valence-electron chi connectivity index (χ1n) is 27.9. The van der Waals surface area contributed by atoms with E-state index in [1.54, 1.807) is 35.3 Å². The van der Waals surface area contributed by atoms with E-state index >= 15 is 0 Å². The lowest BCUT2D eigenvalue weighted by atomic mass is 10.1. The maximum Gasteiger partial charge on any atom is 0.0830 e. The number of aliphatic hydroxyl groups excluding tert-OH is 2. The Hall–Kier alpha value is -8.29. The molecule has 0 aromatic heterocycles. The Labute approximate surface area is 502 Å². The summed E-state index contributed by atoms with van der Waals surface area (Å²) in [5.41, 5.74) is 15.1. The summed E-state index contributed by atoms with van der Waals surface area (Å²) < 4.78 is 0. The molecule has 0 aliphatic rings. The van der Waals surface area contributed by atoms with Gasteiger partial charge in [-0.1, -0.05) is 143 Å². The Balaban J connectivity index is 0.703. The summed E-state index contributed by atoms with van der Waals surface area (Å²) in [5, 5.41) is 36.3. The minimum absolute atomic E-state index is 0.337. The Bertz CT molecular complexity index is 3310. The van der Waals surface area contributed by atoms with Crippen molar-refractivity contribution in [3.05, 3.63) is 288 Å². The van der Waals surface area contributed by atoms with E-state index in [1.807, 2.05) is 83.1 Å². The number of nitrogens with zero attached hydrogens (tertiary/aromatic N) is 6. The lowest BCUT2D eigenvalue weighted by Gasteiger charge is -2.26. The molecule has 10 rings (SSSR count).